The quantitative estimate of drug-likeness (QED) is 0.842. The topological polar surface area (TPSA) is 68.0 Å². The Labute approximate surface area is 108 Å². The molecule has 98 valence electrons. The highest BCUT2D eigenvalue weighted by Crippen LogP contribution is 2.29. The summed E-state index contributed by atoms with van der Waals surface area (Å²) in [7, 11) is 0. The smallest absolute Gasteiger partial charge is 0.253 e. The molecule has 4 nitrogen and oxygen atoms in total. The molecule has 3 unspecified atom stereocenters. The van der Waals surface area contributed by atoms with Gasteiger partial charge in [-0.15, -0.1) is 0 Å². The van der Waals surface area contributed by atoms with Gasteiger partial charge in [-0.25, -0.2) is 4.98 Å². The first kappa shape index (κ1) is 12.9. The van der Waals surface area contributed by atoms with Crippen LogP contribution < -0.4 is 11.1 Å². The van der Waals surface area contributed by atoms with Gasteiger partial charge in [-0.1, -0.05) is 13.8 Å². The lowest BCUT2D eigenvalue weighted by atomic mass is 9.79. The van der Waals surface area contributed by atoms with E-state index in [-0.39, 0.29) is 5.91 Å². The highest BCUT2D eigenvalue weighted by Gasteiger charge is 2.25. The Hall–Kier alpha value is -1.58. The number of nitrogens with one attached hydrogen (secondary N) is 1. The molecule has 1 amide bonds. The van der Waals surface area contributed by atoms with Gasteiger partial charge in [-0.2, -0.15) is 0 Å². The van der Waals surface area contributed by atoms with Crippen molar-refractivity contribution in [3.8, 4) is 0 Å². The maximum absolute atomic E-state index is 12.0. The number of hydrogen-bond donors (Lipinski definition) is 2. The summed E-state index contributed by atoms with van der Waals surface area (Å²) in [4.78, 5) is 16.0. The fraction of sp³-hybridized carbons (Fsp3) is 0.571. The van der Waals surface area contributed by atoms with Gasteiger partial charge < -0.3 is 11.1 Å². The van der Waals surface area contributed by atoms with Crippen molar-refractivity contribution in [3.63, 3.8) is 0 Å². The van der Waals surface area contributed by atoms with Crippen LogP contribution in [0.2, 0.25) is 0 Å². The Morgan fingerprint density at radius 2 is 2.11 bits per heavy atom. The second-order valence-electron chi connectivity index (χ2n) is 5.41. The lowest BCUT2D eigenvalue weighted by Crippen LogP contribution is -2.39. The van der Waals surface area contributed by atoms with Gasteiger partial charge in [0.2, 0.25) is 0 Å². The number of rotatable bonds is 2. The van der Waals surface area contributed by atoms with Gasteiger partial charge in [0.05, 0.1) is 5.56 Å². The third-order valence-corrected chi connectivity index (χ3v) is 3.98. The normalized spacial score (nSPS) is 27.8. The van der Waals surface area contributed by atoms with E-state index in [4.69, 9.17) is 5.73 Å². The number of hydrogen-bond acceptors (Lipinski definition) is 3. The average Bonchev–Trinajstić information content (AvgIpc) is 2.34. The van der Waals surface area contributed by atoms with Crippen LogP contribution in [0.1, 0.15) is 43.5 Å². The zero-order valence-electron chi connectivity index (χ0n) is 11.0. The molecule has 1 aliphatic carbocycles. The molecular formula is C14H21N3O. The second-order valence-corrected chi connectivity index (χ2v) is 5.41. The van der Waals surface area contributed by atoms with Gasteiger partial charge in [-0.3, -0.25) is 4.79 Å². The van der Waals surface area contributed by atoms with Gasteiger partial charge in [0.15, 0.2) is 0 Å². The number of pyridine rings is 1. The molecule has 1 aromatic rings. The van der Waals surface area contributed by atoms with Crippen LogP contribution in [0, 0.1) is 11.8 Å². The average molecular weight is 247 g/mol. The SMILES string of the molecule is CC1CCC(NC(=O)c2ccc(N)nc2)CC1C. The summed E-state index contributed by atoms with van der Waals surface area (Å²) in [6, 6.07) is 3.66. The maximum atomic E-state index is 12.0. The van der Waals surface area contributed by atoms with Gasteiger partial charge in [0.25, 0.3) is 5.91 Å². The maximum Gasteiger partial charge on any atom is 0.253 e. The van der Waals surface area contributed by atoms with E-state index in [1.807, 2.05) is 0 Å². The Balaban J connectivity index is 1.93. The van der Waals surface area contributed by atoms with Crippen molar-refractivity contribution in [1.82, 2.24) is 10.3 Å². The standard InChI is InChI=1S/C14H21N3O/c1-9-3-5-12(7-10(9)2)17-14(18)11-4-6-13(15)16-8-11/h4,6,8-10,12H,3,5,7H2,1-2H3,(H2,15,16)(H,17,18). The monoisotopic (exact) mass is 247 g/mol. The summed E-state index contributed by atoms with van der Waals surface area (Å²) in [6.07, 6.45) is 4.85. The predicted molar refractivity (Wildman–Crippen MR) is 72.1 cm³/mol. The summed E-state index contributed by atoms with van der Waals surface area (Å²) >= 11 is 0. The van der Waals surface area contributed by atoms with Crippen molar-refractivity contribution in [2.24, 2.45) is 11.8 Å². The molecule has 3 atom stereocenters. The molecule has 0 spiro atoms. The number of anilines is 1. The molecule has 0 aromatic carbocycles. The first-order valence-corrected chi connectivity index (χ1v) is 6.58. The highest BCUT2D eigenvalue weighted by atomic mass is 16.1. The van der Waals surface area contributed by atoms with Gasteiger partial charge in [-0.05, 0) is 43.2 Å². The van der Waals surface area contributed by atoms with Crippen LogP contribution in [-0.2, 0) is 0 Å². The first-order chi connectivity index (χ1) is 8.56. The number of nitrogens with zero attached hydrogens (tertiary/aromatic N) is 1. The third-order valence-electron chi connectivity index (χ3n) is 3.98. The van der Waals surface area contributed by atoms with E-state index in [9.17, 15) is 4.79 Å². The zero-order chi connectivity index (χ0) is 13.1. The molecule has 0 radical (unpaired) electrons. The number of amides is 1. The molecule has 0 bridgehead atoms. The van der Waals surface area contributed by atoms with Crippen LogP contribution in [0.4, 0.5) is 5.82 Å². The molecule has 4 heteroatoms. The molecule has 0 aliphatic heterocycles. The fourth-order valence-corrected chi connectivity index (χ4v) is 2.49. The molecular weight excluding hydrogens is 226 g/mol. The predicted octanol–water partition coefficient (Wildman–Crippen LogP) is 2.22. The summed E-state index contributed by atoms with van der Waals surface area (Å²) in [6.45, 7) is 4.54. The summed E-state index contributed by atoms with van der Waals surface area (Å²) in [5, 5.41) is 3.09. The van der Waals surface area contributed by atoms with E-state index < -0.39 is 0 Å². The van der Waals surface area contributed by atoms with Crippen molar-refractivity contribution in [1.29, 1.82) is 0 Å². The van der Waals surface area contributed by atoms with Gasteiger partial charge in [0.1, 0.15) is 5.82 Å². The fourth-order valence-electron chi connectivity index (χ4n) is 2.49. The summed E-state index contributed by atoms with van der Waals surface area (Å²) < 4.78 is 0. The number of aromatic nitrogens is 1. The minimum absolute atomic E-state index is 0.0470. The van der Waals surface area contributed by atoms with E-state index in [0.717, 1.165) is 18.8 Å². The van der Waals surface area contributed by atoms with Crippen LogP contribution in [0.15, 0.2) is 18.3 Å². The number of nitrogen functional groups attached to an aromatic ring is 1. The summed E-state index contributed by atoms with van der Waals surface area (Å²) in [5.41, 5.74) is 6.08. The van der Waals surface area contributed by atoms with Crippen LogP contribution >= 0.6 is 0 Å². The van der Waals surface area contributed by atoms with E-state index >= 15 is 0 Å². The Morgan fingerprint density at radius 3 is 2.72 bits per heavy atom. The molecule has 1 fully saturated rings. The lowest BCUT2D eigenvalue weighted by Gasteiger charge is -2.32. The van der Waals surface area contributed by atoms with E-state index in [1.54, 1.807) is 12.1 Å². The lowest BCUT2D eigenvalue weighted by molar-refractivity contribution is 0.0910. The molecule has 18 heavy (non-hydrogen) atoms. The van der Waals surface area contributed by atoms with Crippen LogP contribution in [0.25, 0.3) is 0 Å². The summed E-state index contributed by atoms with van der Waals surface area (Å²) in [5.74, 6) is 1.82. The molecule has 1 heterocycles. The molecule has 1 saturated carbocycles. The number of nitrogens with two attached hydrogens (primary N) is 1. The minimum Gasteiger partial charge on any atom is -0.384 e. The third kappa shape index (κ3) is 3.00. The molecule has 3 N–H and O–H groups in total. The number of carbonyl (C=O) groups excluding carboxylic acids is 1. The molecule has 1 aliphatic rings. The Morgan fingerprint density at radius 1 is 1.33 bits per heavy atom. The molecule has 2 rings (SSSR count). The van der Waals surface area contributed by atoms with Crippen molar-refractivity contribution in [2.45, 2.75) is 39.2 Å². The second kappa shape index (κ2) is 5.38. The van der Waals surface area contributed by atoms with E-state index in [2.05, 4.69) is 24.1 Å². The Kier molecular flexibility index (Phi) is 3.84. The van der Waals surface area contributed by atoms with Gasteiger partial charge in [0, 0.05) is 12.2 Å². The van der Waals surface area contributed by atoms with Crippen molar-refractivity contribution >= 4 is 11.7 Å². The molecule has 1 aromatic heterocycles. The highest BCUT2D eigenvalue weighted by molar-refractivity contribution is 5.94. The Bertz CT molecular complexity index is 416. The van der Waals surface area contributed by atoms with Crippen molar-refractivity contribution in [2.75, 3.05) is 5.73 Å². The van der Waals surface area contributed by atoms with E-state index in [0.29, 0.717) is 23.3 Å². The first-order valence-electron chi connectivity index (χ1n) is 6.58. The molecule has 0 saturated heterocycles. The minimum atomic E-state index is -0.0470. The van der Waals surface area contributed by atoms with Crippen molar-refractivity contribution < 1.29 is 4.79 Å². The largest absolute Gasteiger partial charge is 0.384 e. The van der Waals surface area contributed by atoms with E-state index in [1.165, 1.54) is 12.6 Å². The number of carbonyl (C=O) groups is 1. The van der Waals surface area contributed by atoms with Gasteiger partial charge >= 0.3 is 0 Å². The zero-order valence-corrected chi connectivity index (χ0v) is 11.0. The van der Waals surface area contributed by atoms with Crippen LogP contribution in [0.5, 0.6) is 0 Å². The van der Waals surface area contributed by atoms with Crippen molar-refractivity contribution in [3.05, 3.63) is 23.9 Å². The van der Waals surface area contributed by atoms with Crippen LogP contribution in [-0.4, -0.2) is 16.9 Å². The van der Waals surface area contributed by atoms with Crippen LogP contribution in [0.3, 0.4) is 0 Å².